The van der Waals surface area contributed by atoms with Crippen LogP contribution in [0.5, 0.6) is 0 Å². The van der Waals surface area contributed by atoms with Gasteiger partial charge in [-0.3, -0.25) is 0 Å². The maximum Gasteiger partial charge on any atom is 0.152 e. The number of nitrogens with zero attached hydrogens (tertiary/aromatic N) is 2. The smallest absolute Gasteiger partial charge is 0.152 e. The minimum Gasteiger partial charge on any atom is -0.384 e. The third kappa shape index (κ3) is 2.40. The normalized spacial score (nSPS) is 21.8. The summed E-state index contributed by atoms with van der Waals surface area (Å²) < 4.78 is 24.7. The van der Waals surface area contributed by atoms with E-state index in [1.165, 1.54) is 4.88 Å². The van der Waals surface area contributed by atoms with Crippen LogP contribution in [-0.2, 0) is 9.84 Å². The van der Waals surface area contributed by atoms with Crippen molar-refractivity contribution in [3.8, 4) is 10.6 Å². The molecule has 0 saturated carbocycles. The Labute approximate surface area is 116 Å². The Bertz CT molecular complexity index is 715. The number of hydrogen-bond acceptors (Lipinski definition) is 5. The lowest BCUT2D eigenvalue weighted by molar-refractivity contribution is 0.508. The van der Waals surface area contributed by atoms with Crippen LogP contribution in [0.2, 0.25) is 0 Å². The van der Waals surface area contributed by atoms with Gasteiger partial charge < -0.3 is 5.73 Å². The first-order chi connectivity index (χ1) is 8.94. The van der Waals surface area contributed by atoms with E-state index in [2.05, 4.69) is 5.10 Å². The van der Waals surface area contributed by atoms with Crippen LogP contribution in [-0.4, -0.2) is 29.7 Å². The molecule has 7 heteroatoms. The van der Waals surface area contributed by atoms with Crippen molar-refractivity contribution in [2.45, 2.75) is 19.4 Å². The summed E-state index contributed by atoms with van der Waals surface area (Å²) in [5.74, 6) is 0.898. The summed E-state index contributed by atoms with van der Waals surface area (Å²) in [5, 5.41) is 4.48. The highest BCUT2D eigenvalue weighted by atomic mass is 32.2. The second-order valence-corrected chi connectivity index (χ2v) is 8.38. The van der Waals surface area contributed by atoms with Gasteiger partial charge in [-0.1, -0.05) is 0 Å². The molecule has 1 saturated heterocycles. The monoisotopic (exact) mass is 297 g/mol. The molecule has 1 unspecified atom stereocenters. The summed E-state index contributed by atoms with van der Waals surface area (Å²) in [6.07, 6.45) is 0.594. The number of hydrogen-bond donors (Lipinski definition) is 1. The summed E-state index contributed by atoms with van der Waals surface area (Å²) in [7, 11) is -2.93. The molecule has 0 radical (unpaired) electrons. The number of sulfone groups is 1. The molecule has 0 aliphatic carbocycles. The average molecular weight is 297 g/mol. The Morgan fingerprint density at radius 2 is 2.26 bits per heavy atom. The minimum absolute atomic E-state index is 0.125. The van der Waals surface area contributed by atoms with Crippen molar-refractivity contribution in [3.63, 3.8) is 0 Å². The van der Waals surface area contributed by atoms with Crippen LogP contribution >= 0.6 is 11.3 Å². The molecule has 1 fully saturated rings. The predicted molar refractivity (Wildman–Crippen MR) is 77.0 cm³/mol. The first kappa shape index (κ1) is 12.7. The Hall–Kier alpha value is -1.34. The highest BCUT2D eigenvalue weighted by molar-refractivity contribution is 7.91. The van der Waals surface area contributed by atoms with Gasteiger partial charge in [0.1, 0.15) is 11.5 Å². The van der Waals surface area contributed by atoms with E-state index >= 15 is 0 Å². The molecule has 2 aromatic rings. The fourth-order valence-corrected chi connectivity index (χ4v) is 4.88. The molecule has 2 N–H and O–H groups in total. The van der Waals surface area contributed by atoms with Crippen molar-refractivity contribution < 1.29 is 8.42 Å². The molecular weight excluding hydrogens is 282 g/mol. The van der Waals surface area contributed by atoms with E-state index in [9.17, 15) is 8.42 Å². The summed E-state index contributed by atoms with van der Waals surface area (Å²) in [6, 6.07) is 5.74. The Morgan fingerprint density at radius 1 is 1.47 bits per heavy atom. The van der Waals surface area contributed by atoms with Gasteiger partial charge >= 0.3 is 0 Å². The molecule has 3 heterocycles. The van der Waals surface area contributed by atoms with Crippen molar-refractivity contribution in [3.05, 3.63) is 23.1 Å². The summed E-state index contributed by atoms with van der Waals surface area (Å²) >= 11 is 1.66. The van der Waals surface area contributed by atoms with Crippen LogP contribution in [0.4, 0.5) is 5.82 Å². The molecule has 1 aliphatic heterocycles. The number of aromatic nitrogens is 2. The van der Waals surface area contributed by atoms with E-state index in [1.807, 2.05) is 25.1 Å². The number of anilines is 1. The molecule has 3 rings (SSSR count). The van der Waals surface area contributed by atoms with E-state index in [4.69, 9.17) is 5.73 Å². The number of aryl methyl sites for hydroxylation is 1. The highest BCUT2D eigenvalue weighted by Crippen LogP contribution is 2.31. The lowest BCUT2D eigenvalue weighted by Gasteiger charge is -2.09. The Morgan fingerprint density at radius 3 is 2.84 bits per heavy atom. The molecule has 0 bridgehead atoms. The fraction of sp³-hybridized carbons (Fsp3) is 0.417. The van der Waals surface area contributed by atoms with Gasteiger partial charge in [0.2, 0.25) is 0 Å². The number of nitrogen functional groups attached to an aromatic ring is 1. The van der Waals surface area contributed by atoms with Crippen LogP contribution in [0, 0.1) is 6.92 Å². The molecule has 2 aromatic heterocycles. The Kier molecular flexibility index (Phi) is 2.90. The van der Waals surface area contributed by atoms with Gasteiger partial charge in [0.05, 0.1) is 22.4 Å². The fourth-order valence-electron chi connectivity index (χ4n) is 2.36. The van der Waals surface area contributed by atoms with Crippen LogP contribution in [0.15, 0.2) is 18.2 Å². The maximum absolute atomic E-state index is 11.5. The van der Waals surface area contributed by atoms with Gasteiger partial charge in [0.15, 0.2) is 9.84 Å². The third-order valence-corrected chi connectivity index (χ3v) is 6.09. The minimum atomic E-state index is -2.93. The van der Waals surface area contributed by atoms with Crippen molar-refractivity contribution >= 4 is 27.0 Å². The molecule has 5 nitrogen and oxygen atoms in total. The van der Waals surface area contributed by atoms with Gasteiger partial charge in [0, 0.05) is 10.9 Å². The lowest BCUT2D eigenvalue weighted by atomic mass is 10.3. The zero-order valence-electron chi connectivity index (χ0n) is 10.5. The number of thiophene rings is 1. The zero-order chi connectivity index (χ0) is 13.6. The molecule has 1 aliphatic rings. The largest absolute Gasteiger partial charge is 0.384 e. The molecule has 102 valence electrons. The van der Waals surface area contributed by atoms with Crippen molar-refractivity contribution in [1.29, 1.82) is 0 Å². The van der Waals surface area contributed by atoms with E-state index in [-0.39, 0.29) is 17.5 Å². The first-order valence-electron chi connectivity index (χ1n) is 6.07. The van der Waals surface area contributed by atoms with Crippen LogP contribution in [0.25, 0.3) is 10.6 Å². The SMILES string of the molecule is Cc1ccc(-c2cc(N)n(C3CCS(=O)(=O)C3)n2)s1. The van der Waals surface area contributed by atoms with E-state index in [0.29, 0.717) is 12.2 Å². The molecule has 19 heavy (non-hydrogen) atoms. The van der Waals surface area contributed by atoms with E-state index < -0.39 is 9.84 Å². The van der Waals surface area contributed by atoms with Crippen molar-refractivity contribution in [2.75, 3.05) is 17.2 Å². The first-order valence-corrected chi connectivity index (χ1v) is 8.71. The highest BCUT2D eigenvalue weighted by Gasteiger charge is 2.31. The second-order valence-electron chi connectivity index (χ2n) is 4.87. The quantitative estimate of drug-likeness (QED) is 0.917. The molecule has 0 spiro atoms. The standard InChI is InChI=1S/C12H15N3O2S2/c1-8-2-3-11(18-8)10-6-12(13)15(14-10)9-4-5-19(16,17)7-9/h2-3,6,9H,4-5,7,13H2,1H3. The summed E-state index contributed by atoms with van der Waals surface area (Å²) in [6.45, 7) is 2.04. The number of rotatable bonds is 2. The van der Waals surface area contributed by atoms with Crippen LogP contribution in [0.1, 0.15) is 17.3 Å². The van der Waals surface area contributed by atoms with E-state index in [1.54, 1.807) is 16.0 Å². The lowest BCUT2D eigenvalue weighted by Crippen LogP contribution is -2.14. The molecule has 1 atom stereocenters. The predicted octanol–water partition coefficient (Wildman–Crippen LogP) is 1.86. The van der Waals surface area contributed by atoms with Crippen LogP contribution < -0.4 is 5.73 Å². The number of nitrogens with two attached hydrogens (primary N) is 1. The Balaban J connectivity index is 1.94. The third-order valence-electron chi connectivity index (χ3n) is 3.31. The average Bonchev–Trinajstić information content (AvgIpc) is 2.98. The van der Waals surface area contributed by atoms with Gasteiger partial charge in [0.25, 0.3) is 0 Å². The second kappa shape index (κ2) is 4.35. The zero-order valence-corrected chi connectivity index (χ0v) is 12.2. The topological polar surface area (TPSA) is 78.0 Å². The van der Waals surface area contributed by atoms with Gasteiger partial charge in [-0.2, -0.15) is 5.10 Å². The van der Waals surface area contributed by atoms with Gasteiger partial charge in [-0.05, 0) is 25.5 Å². The van der Waals surface area contributed by atoms with Gasteiger partial charge in [-0.15, -0.1) is 11.3 Å². The van der Waals surface area contributed by atoms with E-state index in [0.717, 1.165) is 10.6 Å². The van der Waals surface area contributed by atoms with Crippen molar-refractivity contribution in [1.82, 2.24) is 9.78 Å². The maximum atomic E-state index is 11.5. The molecular formula is C12H15N3O2S2. The molecule has 0 amide bonds. The summed E-state index contributed by atoms with van der Waals surface area (Å²) in [5.41, 5.74) is 6.78. The summed E-state index contributed by atoms with van der Waals surface area (Å²) in [4.78, 5) is 2.27. The van der Waals surface area contributed by atoms with Gasteiger partial charge in [-0.25, -0.2) is 13.1 Å². The molecule has 0 aromatic carbocycles. The van der Waals surface area contributed by atoms with Crippen LogP contribution in [0.3, 0.4) is 0 Å². The van der Waals surface area contributed by atoms with Crippen molar-refractivity contribution in [2.24, 2.45) is 0 Å².